The van der Waals surface area contributed by atoms with Gasteiger partial charge in [0.15, 0.2) is 0 Å². The summed E-state index contributed by atoms with van der Waals surface area (Å²) in [5.41, 5.74) is 1.02. The summed E-state index contributed by atoms with van der Waals surface area (Å²) < 4.78 is 28.5. The summed E-state index contributed by atoms with van der Waals surface area (Å²) in [6.07, 6.45) is 0.729. The maximum atomic E-state index is 13.8. The third-order valence-corrected chi connectivity index (χ3v) is 8.42. The molecular formula is C28H31Cl2N3O4S. The molecule has 0 aliphatic carbocycles. The van der Waals surface area contributed by atoms with Crippen molar-refractivity contribution in [3.8, 4) is 0 Å². The van der Waals surface area contributed by atoms with Crippen LogP contribution >= 0.6 is 23.2 Å². The van der Waals surface area contributed by atoms with E-state index in [1.165, 1.54) is 35.2 Å². The van der Waals surface area contributed by atoms with E-state index in [1.54, 1.807) is 25.1 Å². The Labute approximate surface area is 234 Å². The molecule has 0 bridgehead atoms. The van der Waals surface area contributed by atoms with Crippen LogP contribution in [0, 0.1) is 0 Å². The smallest absolute Gasteiger partial charge is 0.264 e. The Morgan fingerprint density at radius 3 is 2.16 bits per heavy atom. The topological polar surface area (TPSA) is 86.8 Å². The molecule has 0 spiro atoms. The van der Waals surface area contributed by atoms with E-state index in [0.717, 1.165) is 16.3 Å². The molecule has 0 saturated carbocycles. The number of hydrogen-bond acceptors (Lipinski definition) is 4. The van der Waals surface area contributed by atoms with E-state index in [9.17, 15) is 18.0 Å². The molecule has 1 N–H and O–H groups in total. The zero-order valence-electron chi connectivity index (χ0n) is 21.5. The lowest BCUT2D eigenvalue weighted by atomic mass is 10.1. The summed E-state index contributed by atoms with van der Waals surface area (Å²) in [4.78, 5) is 28.2. The van der Waals surface area contributed by atoms with Crippen molar-refractivity contribution in [2.45, 2.75) is 50.7 Å². The summed E-state index contributed by atoms with van der Waals surface area (Å²) in [5.74, 6) is -0.864. The number of hydrogen-bond donors (Lipinski definition) is 1. The quantitative estimate of drug-likeness (QED) is 0.326. The fourth-order valence-corrected chi connectivity index (χ4v) is 5.44. The average molecular weight is 577 g/mol. The first kappa shape index (κ1) is 29.5. The minimum atomic E-state index is -4.19. The maximum Gasteiger partial charge on any atom is 0.264 e. The molecule has 2 atom stereocenters. The molecule has 0 aromatic heterocycles. The highest BCUT2D eigenvalue weighted by Crippen LogP contribution is 2.27. The Hall–Kier alpha value is -3.07. The zero-order valence-corrected chi connectivity index (χ0v) is 23.8. The molecule has 202 valence electrons. The Bertz CT molecular complexity index is 1350. The van der Waals surface area contributed by atoms with E-state index < -0.39 is 28.5 Å². The second-order valence-corrected chi connectivity index (χ2v) is 11.7. The molecule has 3 aromatic rings. The summed E-state index contributed by atoms with van der Waals surface area (Å²) >= 11 is 12.1. The minimum absolute atomic E-state index is 0.0353. The third kappa shape index (κ3) is 7.49. The van der Waals surface area contributed by atoms with Crippen molar-refractivity contribution in [1.82, 2.24) is 10.2 Å². The van der Waals surface area contributed by atoms with Crippen molar-refractivity contribution < 1.29 is 18.0 Å². The van der Waals surface area contributed by atoms with E-state index in [1.807, 2.05) is 44.2 Å². The van der Waals surface area contributed by atoms with Crippen LogP contribution in [0.1, 0.15) is 32.8 Å². The number of carbonyl (C=O) groups excluding carboxylic acids is 2. The lowest BCUT2D eigenvalue weighted by Gasteiger charge is -2.32. The highest BCUT2D eigenvalue weighted by molar-refractivity contribution is 7.92. The van der Waals surface area contributed by atoms with Gasteiger partial charge < -0.3 is 10.2 Å². The average Bonchev–Trinajstić information content (AvgIpc) is 2.90. The van der Waals surface area contributed by atoms with Gasteiger partial charge in [-0.05, 0) is 68.3 Å². The fraction of sp³-hybridized carbons (Fsp3) is 0.286. The van der Waals surface area contributed by atoms with Crippen LogP contribution in [0.5, 0.6) is 0 Å². The predicted molar refractivity (Wildman–Crippen MR) is 152 cm³/mol. The zero-order chi connectivity index (χ0) is 27.9. The Morgan fingerprint density at radius 2 is 1.55 bits per heavy atom. The molecule has 0 saturated heterocycles. The van der Waals surface area contributed by atoms with Gasteiger partial charge in [-0.15, -0.1) is 0 Å². The summed E-state index contributed by atoms with van der Waals surface area (Å²) in [6.45, 7) is 5.05. The molecule has 3 rings (SSSR count). The van der Waals surface area contributed by atoms with E-state index in [4.69, 9.17) is 23.2 Å². The van der Waals surface area contributed by atoms with E-state index in [2.05, 4.69) is 5.32 Å². The first-order valence-electron chi connectivity index (χ1n) is 12.2. The van der Waals surface area contributed by atoms with Crippen LogP contribution in [0.4, 0.5) is 5.69 Å². The molecule has 0 heterocycles. The van der Waals surface area contributed by atoms with Crippen molar-refractivity contribution in [2.24, 2.45) is 0 Å². The van der Waals surface area contributed by atoms with Gasteiger partial charge in [0.1, 0.15) is 12.6 Å². The van der Waals surface area contributed by atoms with Gasteiger partial charge in [-0.2, -0.15) is 0 Å². The third-order valence-electron chi connectivity index (χ3n) is 6.14. The number of halogens is 2. The fourth-order valence-electron chi connectivity index (χ4n) is 3.72. The van der Waals surface area contributed by atoms with Gasteiger partial charge in [0, 0.05) is 22.6 Å². The number of nitrogens with one attached hydrogen (secondary N) is 1. The number of benzene rings is 3. The molecule has 2 amide bonds. The molecule has 0 radical (unpaired) electrons. The highest BCUT2D eigenvalue weighted by atomic mass is 35.5. The Balaban J connectivity index is 2.01. The number of anilines is 1. The Kier molecular flexibility index (Phi) is 10.2. The number of carbonyl (C=O) groups is 2. The molecule has 0 fully saturated rings. The van der Waals surface area contributed by atoms with E-state index in [0.29, 0.717) is 10.0 Å². The Morgan fingerprint density at radius 1 is 0.895 bits per heavy atom. The molecular weight excluding hydrogens is 545 g/mol. The van der Waals surface area contributed by atoms with Gasteiger partial charge in [-0.1, -0.05) is 66.5 Å². The van der Waals surface area contributed by atoms with Crippen LogP contribution in [0.25, 0.3) is 0 Å². The summed E-state index contributed by atoms with van der Waals surface area (Å²) in [5, 5.41) is 3.60. The van der Waals surface area contributed by atoms with Crippen LogP contribution in [-0.4, -0.2) is 43.8 Å². The SMILES string of the molecule is CCC(C)NC(=O)C(C)N(Cc1ccccc1)C(=O)CN(c1cccc(Cl)c1)S(=O)(=O)c1ccc(Cl)cc1. The van der Waals surface area contributed by atoms with Gasteiger partial charge in [0.05, 0.1) is 10.6 Å². The first-order chi connectivity index (χ1) is 18.0. The normalized spacial score (nSPS) is 12.9. The molecule has 2 unspecified atom stereocenters. The van der Waals surface area contributed by atoms with Crippen molar-refractivity contribution in [2.75, 3.05) is 10.8 Å². The molecule has 0 aliphatic rings. The van der Waals surface area contributed by atoms with Gasteiger partial charge in [-0.3, -0.25) is 13.9 Å². The highest BCUT2D eigenvalue weighted by Gasteiger charge is 2.32. The molecule has 3 aromatic carbocycles. The second kappa shape index (κ2) is 13.1. The van der Waals surface area contributed by atoms with Crippen LogP contribution < -0.4 is 9.62 Å². The lowest BCUT2D eigenvalue weighted by Crippen LogP contribution is -2.52. The molecule has 38 heavy (non-hydrogen) atoms. The van der Waals surface area contributed by atoms with Crippen LogP contribution in [0.2, 0.25) is 10.0 Å². The molecule has 7 nitrogen and oxygen atoms in total. The number of amides is 2. The van der Waals surface area contributed by atoms with Gasteiger partial charge in [-0.25, -0.2) is 8.42 Å². The van der Waals surface area contributed by atoms with Crippen molar-refractivity contribution in [3.05, 3.63) is 94.5 Å². The van der Waals surface area contributed by atoms with Crippen molar-refractivity contribution in [3.63, 3.8) is 0 Å². The van der Waals surface area contributed by atoms with Crippen molar-refractivity contribution >= 4 is 50.7 Å². The van der Waals surface area contributed by atoms with E-state index >= 15 is 0 Å². The number of sulfonamides is 1. The van der Waals surface area contributed by atoms with Crippen molar-refractivity contribution in [1.29, 1.82) is 0 Å². The number of nitrogens with zero attached hydrogens (tertiary/aromatic N) is 2. The largest absolute Gasteiger partial charge is 0.352 e. The van der Waals surface area contributed by atoms with E-state index in [-0.39, 0.29) is 29.1 Å². The summed E-state index contributed by atoms with van der Waals surface area (Å²) in [7, 11) is -4.19. The van der Waals surface area contributed by atoms with Gasteiger partial charge in [0.2, 0.25) is 11.8 Å². The number of rotatable bonds is 11. The van der Waals surface area contributed by atoms with Crippen LogP contribution in [0.15, 0.2) is 83.8 Å². The maximum absolute atomic E-state index is 13.8. The van der Waals surface area contributed by atoms with Crippen LogP contribution in [-0.2, 0) is 26.2 Å². The predicted octanol–water partition coefficient (Wildman–Crippen LogP) is 5.52. The summed E-state index contributed by atoms with van der Waals surface area (Å²) in [6, 6.07) is 20.2. The van der Waals surface area contributed by atoms with Gasteiger partial charge >= 0.3 is 0 Å². The molecule has 0 aliphatic heterocycles. The minimum Gasteiger partial charge on any atom is -0.352 e. The molecule has 10 heteroatoms. The monoisotopic (exact) mass is 575 g/mol. The van der Waals surface area contributed by atoms with Gasteiger partial charge in [0.25, 0.3) is 10.0 Å². The second-order valence-electron chi connectivity index (χ2n) is 8.95. The first-order valence-corrected chi connectivity index (χ1v) is 14.4. The standard InChI is InChI=1S/C28H31Cl2N3O4S/c1-4-20(2)31-28(35)21(3)32(18-22-9-6-5-7-10-22)27(34)19-33(25-12-8-11-24(30)17-25)38(36,37)26-15-13-23(29)14-16-26/h5-17,20-21H,4,18-19H2,1-3H3,(H,31,35). The van der Waals surface area contributed by atoms with Crippen LogP contribution in [0.3, 0.4) is 0 Å². The lowest BCUT2D eigenvalue weighted by molar-refractivity contribution is -0.139.